The van der Waals surface area contributed by atoms with Crippen LogP contribution in [-0.4, -0.2) is 33.8 Å². The molecule has 0 atom stereocenters. The third-order valence-corrected chi connectivity index (χ3v) is 4.75. The summed E-state index contributed by atoms with van der Waals surface area (Å²) < 4.78 is 0.914. The van der Waals surface area contributed by atoms with Gasteiger partial charge in [0.15, 0.2) is 0 Å². The number of rotatable bonds is 2. The van der Waals surface area contributed by atoms with E-state index in [9.17, 15) is 9.59 Å². The number of hydrogen-bond acceptors (Lipinski definition) is 3. The van der Waals surface area contributed by atoms with Crippen molar-refractivity contribution in [2.24, 2.45) is 0 Å². The van der Waals surface area contributed by atoms with Crippen LogP contribution in [-0.2, 0) is 16.1 Å². The van der Waals surface area contributed by atoms with Crippen molar-refractivity contribution in [3.8, 4) is 0 Å². The van der Waals surface area contributed by atoms with E-state index >= 15 is 0 Å². The molecule has 1 spiro atoms. The Kier molecular flexibility index (Phi) is 3.97. The summed E-state index contributed by atoms with van der Waals surface area (Å²) >= 11 is 3.35. The largest absolute Gasteiger partial charge is 0.342 e. The molecule has 1 saturated carbocycles. The zero-order valence-electron chi connectivity index (χ0n) is 11.8. The summed E-state index contributed by atoms with van der Waals surface area (Å²) in [6.45, 7) is 0.924. The van der Waals surface area contributed by atoms with Crippen LogP contribution in [0.15, 0.2) is 22.8 Å². The highest BCUT2D eigenvalue weighted by Crippen LogP contribution is 2.33. The molecule has 3 rings (SSSR count). The monoisotopic (exact) mass is 351 g/mol. The third kappa shape index (κ3) is 2.95. The summed E-state index contributed by atoms with van der Waals surface area (Å²) in [7, 11) is 0. The highest BCUT2D eigenvalue weighted by atomic mass is 79.9. The maximum Gasteiger partial charge on any atom is 0.248 e. The summed E-state index contributed by atoms with van der Waals surface area (Å²) in [5, 5.41) is 2.97. The number of pyridine rings is 1. The van der Waals surface area contributed by atoms with Crippen LogP contribution < -0.4 is 5.32 Å². The first kappa shape index (κ1) is 14.5. The Morgan fingerprint density at radius 1 is 1.29 bits per heavy atom. The van der Waals surface area contributed by atoms with Crippen molar-refractivity contribution in [1.82, 2.24) is 15.2 Å². The van der Waals surface area contributed by atoms with Gasteiger partial charge < -0.3 is 10.2 Å². The van der Waals surface area contributed by atoms with E-state index in [0.29, 0.717) is 19.5 Å². The lowest BCUT2D eigenvalue weighted by molar-refractivity contribution is -0.139. The smallest absolute Gasteiger partial charge is 0.248 e. The average Bonchev–Trinajstić information content (AvgIpc) is 2.90. The number of aromatic nitrogens is 1. The molecule has 2 aliphatic rings. The fourth-order valence-corrected chi connectivity index (χ4v) is 3.42. The molecule has 0 radical (unpaired) electrons. The Morgan fingerprint density at radius 3 is 2.71 bits per heavy atom. The second-order valence-corrected chi connectivity index (χ2v) is 6.70. The molecule has 2 amide bonds. The van der Waals surface area contributed by atoms with Crippen LogP contribution in [0.2, 0.25) is 0 Å². The number of halogens is 1. The summed E-state index contributed by atoms with van der Waals surface area (Å²) in [5.74, 6) is 0.0343. The van der Waals surface area contributed by atoms with Crippen molar-refractivity contribution in [3.63, 3.8) is 0 Å². The first-order valence-corrected chi connectivity index (χ1v) is 8.09. The van der Waals surface area contributed by atoms with Gasteiger partial charge in [0.2, 0.25) is 11.8 Å². The molecule has 2 heterocycles. The minimum Gasteiger partial charge on any atom is -0.342 e. The van der Waals surface area contributed by atoms with Gasteiger partial charge in [0.05, 0.1) is 12.2 Å². The van der Waals surface area contributed by atoms with E-state index in [1.807, 2.05) is 12.1 Å². The summed E-state index contributed by atoms with van der Waals surface area (Å²) in [4.78, 5) is 30.9. The van der Waals surface area contributed by atoms with Crippen LogP contribution in [0.5, 0.6) is 0 Å². The standard InChI is InChI=1S/C15H18BrN3O2/c16-11-3-4-12(17-9-11)10-19-8-5-13(20)18-15(14(19)21)6-1-2-7-15/h3-4,9H,1-2,5-8,10H2,(H,18,20). The molecular formula is C15H18BrN3O2. The lowest BCUT2D eigenvalue weighted by Crippen LogP contribution is -2.55. The van der Waals surface area contributed by atoms with E-state index in [1.54, 1.807) is 11.1 Å². The predicted molar refractivity (Wildman–Crippen MR) is 81.3 cm³/mol. The van der Waals surface area contributed by atoms with Crippen LogP contribution in [0.3, 0.4) is 0 Å². The number of nitrogens with zero attached hydrogens (tertiary/aromatic N) is 2. The Labute approximate surface area is 132 Å². The molecule has 1 aliphatic carbocycles. The summed E-state index contributed by atoms with van der Waals surface area (Å²) in [6.07, 6.45) is 5.59. The van der Waals surface area contributed by atoms with E-state index in [-0.39, 0.29) is 11.8 Å². The van der Waals surface area contributed by atoms with Gasteiger partial charge in [0.1, 0.15) is 5.54 Å². The van der Waals surface area contributed by atoms with E-state index < -0.39 is 5.54 Å². The van der Waals surface area contributed by atoms with Crippen LogP contribution in [0.25, 0.3) is 0 Å². The van der Waals surface area contributed by atoms with Gasteiger partial charge in [-0.15, -0.1) is 0 Å². The van der Waals surface area contributed by atoms with Crippen LogP contribution >= 0.6 is 15.9 Å². The first-order chi connectivity index (χ1) is 10.1. The van der Waals surface area contributed by atoms with Gasteiger partial charge in [-0.05, 0) is 40.9 Å². The zero-order valence-corrected chi connectivity index (χ0v) is 13.4. The van der Waals surface area contributed by atoms with Gasteiger partial charge >= 0.3 is 0 Å². The molecular weight excluding hydrogens is 334 g/mol. The number of carbonyl (C=O) groups is 2. The molecule has 1 N–H and O–H groups in total. The van der Waals surface area contributed by atoms with Gasteiger partial charge in [0, 0.05) is 23.6 Å². The maximum absolute atomic E-state index is 12.9. The van der Waals surface area contributed by atoms with E-state index in [4.69, 9.17) is 0 Å². The molecule has 1 aromatic rings. The van der Waals surface area contributed by atoms with Gasteiger partial charge in [-0.25, -0.2) is 0 Å². The van der Waals surface area contributed by atoms with Crippen molar-refractivity contribution in [1.29, 1.82) is 0 Å². The molecule has 1 saturated heterocycles. The Morgan fingerprint density at radius 2 is 2.05 bits per heavy atom. The second kappa shape index (κ2) is 5.75. The highest BCUT2D eigenvalue weighted by Gasteiger charge is 2.46. The lowest BCUT2D eigenvalue weighted by atomic mass is 9.96. The number of amides is 2. The molecule has 1 aromatic heterocycles. The second-order valence-electron chi connectivity index (χ2n) is 5.78. The topological polar surface area (TPSA) is 62.3 Å². The molecule has 0 unspecified atom stereocenters. The van der Waals surface area contributed by atoms with Crippen molar-refractivity contribution < 1.29 is 9.59 Å². The van der Waals surface area contributed by atoms with E-state index in [2.05, 4.69) is 26.2 Å². The van der Waals surface area contributed by atoms with E-state index in [0.717, 1.165) is 35.8 Å². The van der Waals surface area contributed by atoms with Crippen molar-refractivity contribution in [3.05, 3.63) is 28.5 Å². The quantitative estimate of drug-likeness (QED) is 0.886. The minimum atomic E-state index is -0.664. The summed E-state index contributed by atoms with van der Waals surface area (Å²) in [5.41, 5.74) is 0.178. The van der Waals surface area contributed by atoms with Gasteiger partial charge in [0.25, 0.3) is 0 Å². The van der Waals surface area contributed by atoms with Crippen molar-refractivity contribution in [2.45, 2.75) is 44.2 Å². The summed E-state index contributed by atoms with van der Waals surface area (Å²) in [6, 6.07) is 3.82. The van der Waals surface area contributed by atoms with Gasteiger partial charge in [-0.3, -0.25) is 14.6 Å². The molecule has 0 aromatic carbocycles. The van der Waals surface area contributed by atoms with Crippen LogP contribution in [0, 0.1) is 0 Å². The van der Waals surface area contributed by atoms with Crippen molar-refractivity contribution >= 4 is 27.7 Å². The Balaban J connectivity index is 1.81. The lowest BCUT2D eigenvalue weighted by Gasteiger charge is -2.31. The fourth-order valence-electron chi connectivity index (χ4n) is 3.19. The zero-order chi connectivity index (χ0) is 14.9. The molecule has 2 fully saturated rings. The molecule has 1 aliphatic heterocycles. The van der Waals surface area contributed by atoms with Crippen LogP contribution in [0.1, 0.15) is 37.8 Å². The van der Waals surface area contributed by atoms with Gasteiger partial charge in [-0.2, -0.15) is 0 Å². The normalized spacial score (nSPS) is 21.5. The molecule has 0 bridgehead atoms. The maximum atomic E-state index is 12.9. The number of carbonyl (C=O) groups excluding carboxylic acids is 2. The third-order valence-electron chi connectivity index (χ3n) is 4.28. The van der Waals surface area contributed by atoms with Crippen LogP contribution in [0.4, 0.5) is 0 Å². The van der Waals surface area contributed by atoms with Crippen molar-refractivity contribution in [2.75, 3.05) is 6.54 Å². The van der Waals surface area contributed by atoms with Gasteiger partial charge in [-0.1, -0.05) is 12.8 Å². The first-order valence-electron chi connectivity index (χ1n) is 7.30. The number of hydrogen-bond donors (Lipinski definition) is 1. The molecule has 5 nitrogen and oxygen atoms in total. The molecule has 6 heteroatoms. The predicted octanol–water partition coefficient (Wildman–Crippen LogP) is 2.01. The fraction of sp³-hybridized carbons (Fsp3) is 0.533. The molecule has 21 heavy (non-hydrogen) atoms. The minimum absolute atomic E-state index is 0.0171. The SMILES string of the molecule is O=C1CCN(Cc2ccc(Br)cn2)C(=O)C2(CCCC2)N1. The Hall–Kier alpha value is -1.43. The van der Waals surface area contributed by atoms with E-state index in [1.165, 1.54) is 0 Å². The average molecular weight is 352 g/mol. The number of nitrogens with one attached hydrogen (secondary N) is 1. The highest BCUT2D eigenvalue weighted by molar-refractivity contribution is 9.10. The Bertz CT molecular complexity index is 553. The molecule has 112 valence electrons.